The molecule has 2 aromatic heterocycles. The summed E-state index contributed by atoms with van der Waals surface area (Å²) in [6.45, 7) is 34.8. The van der Waals surface area contributed by atoms with E-state index in [1.54, 1.807) is 0 Å². The lowest BCUT2D eigenvalue weighted by atomic mass is 9.35. The van der Waals surface area contributed by atoms with Gasteiger partial charge in [-0.25, -0.2) is 0 Å². The topological polar surface area (TPSA) is 19.6 Å². The normalized spacial score (nSPS) is 13.8. The zero-order chi connectivity index (χ0) is 49.6. The third-order valence-corrected chi connectivity index (χ3v) is 16.3. The Morgan fingerprint density at radius 3 is 1.66 bits per heavy atom. The van der Waals surface area contributed by atoms with Gasteiger partial charge in [-0.05, 0) is 157 Å². The van der Waals surface area contributed by atoms with Gasteiger partial charge in [0.05, 0.1) is 22.7 Å². The van der Waals surface area contributed by atoms with E-state index in [-0.39, 0.29) is 28.4 Å². The molecule has 0 N–H and O–H groups in total. The summed E-state index contributed by atoms with van der Waals surface area (Å²) in [5.74, 6) is 0. The third-order valence-electron chi connectivity index (χ3n) is 15.2. The summed E-state index contributed by atoms with van der Waals surface area (Å²) in [7, 11) is 0. The quantitative estimate of drug-likeness (QED) is 0.164. The molecule has 2 aliphatic rings. The molecule has 2 aliphatic heterocycles. The summed E-state index contributed by atoms with van der Waals surface area (Å²) < 4.78 is 8.82. The zero-order valence-electron chi connectivity index (χ0n) is 44.0. The molecule has 7 aromatic carbocycles. The molecule has 70 heavy (non-hydrogen) atoms. The SMILES string of the molecule is Cc1cc(C(C)(C)C)cc(C)c1N1c2cc(C(C)(C)C)cc3c2B(c2cc(-c4cc5ccccc5s4)ccc2N3c2c(C)cc(C(C)(C)C)cc2-c2ccccc2)c2oc3ccc(C(C)(C)C)cc3c21. The molecule has 0 unspecified atom stereocenters. The van der Waals surface area contributed by atoms with Crippen molar-refractivity contribution in [3.8, 4) is 21.6 Å². The van der Waals surface area contributed by atoms with Crippen molar-refractivity contribution in [1.29, 1.82) is 0 Å². The lowest BCUT2D eigenvalue weighted by molar-refractivity contribution is 0.589. The summed E-state index contributed by atoms with van der Waals surface area (Å²) in [6.07, 6.45) is 0. The first kappa shape index (κ1) is 46.1. The maximum absolute atomic E-state index is 7.52. The molecule has 0 saturated heterocycles. The van der Waals surface area contributed by atoms with Gasteiger partial charge in [0.15, 0.2) is 0 Å². The van der Waals surface area contributed by atoms with Crippen molar-refractivity contribution in [3.05, 3.63) is 172 Å². The van der Waals surface area contributed by atoms with Gasteiger partial charge in [-0.15, -0.1) is 11.3 Å². The van der Waals surface area contributed by atoms with Crippen molar-refractivity contribution in [2.24, 2.45) is 0 Å². The second kappa shape index (κ2) is 15.9. The number of anilines is 6. The van der Waals surface area contributed by atoms with E-state index in [9.17, 15) is 0 Å². The van der Waals surface area contributed by atoms with Crippen LogP contribution < -0.4 is 26.4 Å². The molecule has 0 bridgehead atoms. The average Bonchev–Trinajstić information content (AvgIpc) is 3.90. The van der Waals surface area contributed by atoms with Gasteiger partial charge in [0.2, 0.25) is 0 Å². The summed E-state index contributed by atoms with van der Waals surface area (Å²) in [5.41, 5.74) is 24.0. The van der Waals surface area contributed by atoms with Crippen molar-refractivity contribution >= 4 is 89.8 Å². The van der Waals surface area contributed by atoms with Crippen LogP contribution >= 0.6 is 11.3 Å². The Labute approximate surface area is 421 Å². The molecular formula is C65H67BN2OS. The minimum absolute atomic E-state index is 0.00530. The zero-order valence-corrected chi connectivity index (χ0v) is 44.8. The van der Waals surface area contributed by atoms with E-state index in [4.69, 9.17) is 4.42 Å². The van der Waals surface area contributed by atoms with E-state index in [0.29, 0.717) is 0 Å². The molecule has 0 amide bonds. The van der Waals surface area contributed by atoms with Crippen LogP contribution in [-0.2, 0) is 21.7 Å². The second-order valence-electron chi connectivity index (χ2n) is 24.5. The summed E-state index contributed by atoms with van der Waals surface area (Å²) >= 11 is 1.87. The van der Waals surface area contributed by atoms with Crippen molar-refractivity contribution in [1.82, 2.24) is 0 Å². The Balaban J connectivity index is 1.32. The highest BCUT2D eigenvalue weighted by molar-refractivity contribution is 7.22. The Kier molecular flexibility index (Phi) is 10.4. The van der Waals surface area contributed by atoms with E-state index in [1.807, 2.05) is 11.3 Å². The monoisotopic (exact) mass is 935 g/mol. The maximum atomic E-state index is 7.52. The van der Waals surface area contributed by atoms with Crippen LogP contribution in [0.15, 0.2) is 138 Å². The first-order valence-corrected chi connectivity index (χ1v) is 26.1. The molecule has 11 rings (SSSR count). The van der Waals surface area contributed by atoms with Crippen molar-refractivity contribution in [3.63, 3.8) is 0 Å². The number of fused-ring (bicyclic) bond motifs is 7. The molecule has 9 aromatic rings. The van der Waals surface area contributed by atoms with Crippen molar-refractivity contribution in [2.45, 2.75) is 126 Å². The Bertz CT molecular complexity index is 3520. The molecule has 0 fully saturated rings. The highest BCUT2D eigenvalue weighted by Crippen LogP contribution is 2.53. The van der Waals surface area contributed by atoms with Crippen LogP contribution in [0.2, 0.25) is 0 Å². The number of nitrogens with zero attached hydrogens (tertiary/aromatic N) is 2. The molecule has 0 spiro atoms. The Morgan fingerprint density at radius 1 is 0.457 bits per heavy atom. The van der Waals surface area contributed by atoms with Crippen LogP contribution in [0.5, 0.6) is 0 Å². The van der Waals surface area contributed by atoms with E-state index in [0.717, 1.165) is 22.3 Å². The fourth-order valence-corrected chi connectivity index (χ4v) is 12.3. The van der Waals surface area contributed by atoms with Crippen LogP contribution in [0.25, 0.3) is 42.6 Å². The molecule has 4 heterocycles. The number of hydrogen-bond acceptors (Lipinski definition) is 4. The van der Waals surface area contributed by atoms with Gasteiger partial charge in [0.25, 0.3) is 6.71 Å². The van der Waals surface area contributed by atoms with Crippen LogP contribution in [-0.4, -0.2) is 6.71 Å². The predicted molar refractivity (Wildman–Crippen MR) is 306 cm³/mol. The van der Waals surface area contributed by atoms with E-state index in [2.05, 4.69) is 247 Å². The lowest BCUT2D eigenvalue weighted by Gasteiger charge is -2.45. The van der Waals surface area contributed by atoms with Crippen molar-refractivity contribution in [2.75, 3.05) is 9.80 Å². The lowest BCUT2D eigenvalue weighted by Crippen LogP contribution is -2.61. The van der Waals surface area contributed by atoms with Gasteiger partial charge in [0.1, 0.15) is 5.58 Å². The van der Waals surface area contributed by atoms with Gasteiger partial charge in [-0.2, -0.15) is 0 Å². The average molecular weight is 935 g/mol. The first-order chi connectivity index (χ1) is 33.0. The largest absolute Gasteiger partial charge is 0.468 e. The molecule has 5 heteroatoms. The molecule has 0 radical (unpaired) electrons. The Morgan fingerprint density at radius 2 is 1.03 bits per heavy atom. The van der Waals surface area contributed by atoms with Crippen LogP contribution in [0.4, 0.5) is 34.1 Å². The molecular weight excluding hydrogens is 868 g/mol. The van der Waals surface area contributed by atoms with Crippen molar-refractivity contribution < 1.29 is 4.42 Å². The fourth-order valence-electron chi connectivity index (χ4n) is 11.2. The second-order valence-corrected chi connectivity index (χ2v) is 25.6. The van der Waals surface area contributed by atoms with E-state index in [1.165, 1.54) is 110 Å². The maximum Gasteiger partial charge on any atom is 0.297 e. The summed E-state index contributed by atoms with van der Waals surface area (Å²) in [5, 5.41) is 2.43. The Hall–Kier alpha value is -6.30. The van der Waals surface area contributed by atoms with Gasteiger partial charge in [-0.1, -0.05) is 168 Å². The highest BCUT2D eigenvalue weighted by atomic mass is 32.1. The van der Waals surface area contributed by atoms with Crippen LogP contribution in [0.3, 0.4) is 0 Å². The molecule has 0 aliphatic carbocycles. The van der Waals surface area contributed by atoms with Crippen LogP contribution in [0, 0.1) is 20.8 Å². The van der Waals surface area contributed by atoms with Gasteiger partial charge < -0.3 is 14.2 Å². The third kappa shape index (κ3) is 7.45. The summed E-state index contributed by atoms with van der Waals surface area (Å²) in [4.78, 5) is 6.54. The smallest absolute Gasteiger partial charge is 0.297 e. The number of hydrogen-bond donors (Lipinski definition) is 0. The van der Waals surface area contributed by atoms with E-state index >= 15 is 0 Å². The predicted octanol–water partition coefficient (Wildman–Crippen LogP) is 17.2. The molecule has 0 atom stereocenters. The number of furan rings is 1. The van der Waals surface area contributed by atoms with Gasteiger partial charge >= 0.3 is 0 Å². The molecule has 352 valence electrons. The van der Waals surface area contributed by atoms with Crippen LogP contribution in [0.1, 0.15) is 122 Å². The van der Waals surface area contributed by atoms with E-state index < -0.39 is 0 Å². The standard InChI is InChI=1S/C65H67BN2OS/c1-38-29-45(63(7,8)9)30-39(2)58(38)68-53-37-47(65(13,14)15)36-52-57(53)66(61-60(68)49-34-44(62(4,5)6)26-28-54(49)69-61)50-32-43(56-33-42-23-19-20-24-55(42)70-56)25-27-51(50)67(52)59-40(3)31-46(64(10,11)12)35-48(59)41-21-17-16-18-22-41/h16-37H,1-15H3. The first-order valence-electron chi connectivity index (χ1n) is 25.3. The molecule has 3 nitrogen and oxygen atoms in total. The van der Waals surface area contributed by atoms with Gasteiger partial charge in [-0.3, -0.25) is 0 Å². The fraction of sp³-hybridized carbons (Fsp3) is 0.292. The number of thiophene rings is 1. The minimum atomic E-state index is -0.194. The molecule has 0 saturated carbocycles. The minimum Gasteiger partial charge on any atom is -0.468 e. The van der Waals surface area contributed by atoms with Gasteiger partial charge in [0, 0.05) is 37.6 Å². The number of benzene rings is 7. The highest BCUT2D eigenvalue weighted by Gasteiger charge is 2.48. The summed E-state index contributed by atoms with van der Waals surface area (Å²) in [6, 6.07) is 51.3. The number of aryl methyl sites for hydroxylation is 3. The number of rotatable bonds is 4.